The number of anilines is 1. The van der Waals surface area contributed by atoms with Gasteiger partial charge in [-0.05, 0) is 24.3 Å². The molecule has 0 aliphatic heterocycles. The van der Waals surface area contributed by atoms with Crippen LogP contribution in [0.1, 0.15) is 9.67 Å². The van der Waals surface area contributed by atoms with Crippen LogP contribution in [-0.4, -0.2) is 21.4 Å². The molecule has 6 nitrogen and oxygen atoms in total. The predicted molar refractivity (Wildman–Crippen MR) is 99.2 cm³/mol. The first-order valence-electron chi connectivity index (χ1n) is 7.01. The van der Waals surface area contributed by atoms with E-state index in [2.05, 4.69) is 4.72 Å². The molecule has 0 saturated heterocycles. The Morgan fingerprint density at radius 2 is 1.96 bits per heavy atom. The van der Waals surface area contributed by atoms with E-state index >= 15 is 0 Å². The van der Waals surface area contributed by atoms with Crippen molar-refractivity contribution < 1.29 is 17.9 Å². The Kier molecular flexibility index (Phi) is 4.59. The quantitative estimate of drug-likeness (QED) is 0.689. The molecular weight excluding hydrogens is 384 g/mol. The van der Waals surface area contributed by atoms with E-state index in [0.29, 0.717) is 11.1 Å². The number of hydrogen-bond acceptors (Lipinski definition) is 5. The van der Waals surface area contributed by atoms with Gasteiger partial charge in [0, 0.05) is 10.1 Å². The number of primary amides is 1. The fraction of sp³-hybridized carbons (Fsp3) is 0.0625. The summed E-state index contributed by atoms with van der Waals surface area (Å²) in [6, 6.07) is 11.2. The lowest BCUT2D eigenvalue weighted by Crippen LogP contribution is -2.17. The molecule has 0 bridgehead atoms. The third kappa shape index (κ3) is 3.28. The minimum Gasteiger partial charge on any atom is -0.495 e. The average molecular weight is 397 g/mol. The minimum absolute atomic E-state index is 0.0519. The summed E-state index contributed by atoms with van der Waals surface area (Å²) in [7, 11) is -2.53. The fourth-order valence-electron chi connectivity index (χ4n) is 2.33. The van der Waals surface area contributed by atoms with Crippen LogP contribution in [0, 0.1) is 0 Å². The van der Waals surface area contributed by atoms with Gasteiger partial charge in [0.05, 0.1) is 22.7 Å². The SMILES string of the molecule is COc1ccc(S(=O)(=O)Nc2c(C(N)=O)sc3ccccc23)cc1Cl. The largest absolute Gasteiger partial charge is 0.495 e. The normalized spacial score (nSPS) is 11.4. The van der Waals surface area contributed by atoms with Gasteiger partial charge in [-0.1, -0.05) is 29.8 Å². The molecule has 130 valence electrons. The van der Waals surface area contributed by atoms with Crippen molar-refractivity contribution in [2.45, 2.75) is 4.90 Å². The minimum atomic E-state index is -3.97. The molecule has 0 atom stereocenters. The Balaban J connectivity index is 2.10. The Labute approximate surface area is 153 Å². The van der Waals surface area contributed by atoms with E-state index in [1.165, 1.54) is 25.3 Å². The smallest absolute Gasteiger partial charge is 0.262 e. The number of benzene rings is 2. The molecule has 0 saturated carbocycles. The zero-order chi connectivity index (χ0) is 18.2. The number of ether oxygens (including phenoxy) is 1. The summed E-state index contributed by atoms with van der Waals surface area (Å²) in [5, 5.41) is 0.764. The first-order valence-corrected chi connectivity index (χ1v) is 9.69. The van der Waals surface area contributed by atoms with Crippen molar-refractivity contribution in [1.29, 1.82) is 0 Å². The first kappa shape index (κ1) is 17.5. The van der Waals surface area contributed by atoms with Gasteiger partial charge in [0.15, 0.2) is 0 Å². The molecule has 2 aromatic carbocycles. The van der Waals surface area contributed by atoms with Crippen LogP contribution in [0.15, 0.2) is 47.4 Å². The van der Waals surface area contributed by atoms with Gasteiger partial charge in [0.25, 0.3) is 15.9 Å². The van der Waals surface area contributed by atoms with E-state index in [4.69, 9.17) is 22.1 Å². The molecule has 1 amide bonds. The number of carbonyl (C=O) groups is 1. The summed E-state index contributed by atoms with van der Waals surface area (Å²) >= 11 is 7.13. The van der Waals surface area contributed by atoms with E-state index in [1.54, 1.807) is 24.3 Å². The van der Waals surface area contributed by atoms with Gasteiger partial charge in [-0.3, -0.25) is 9.52 Å². The van der Waals surface area contributed by atoms with E-state index in [0.717, 1.165) is 16.0 Å². The number of amides is 1. The summed E-state index contributed by atoms with van der Waals surface area (Å²) < 4.78 is 33.6. The summed E-state index contributed by atoms with van der Waals surface area (Å²) in [6.07, 6.45) is 0. The van der Waals surface area contributed by atoms with Crippen molar-refractivity contribution in [3.05, 3.63) is 52.4 Å². The van der Waals surface area contributed by atoms with Gasteiger partial charge in [0.1, 0.15) is 10.6 Å². The molecule has 3 rings (SSSR count). The number of hydrogen-bond donors (Lipinski definition) is 2. The fourth-order valence-corrected chi connectivity index (χ4v) is 4.84. The third-order valence-corrected chi connectivity index (χ3v) is 6.32. The number of methoxy groups -OCH3 is 1. The van der Waals surface area contributed by atoms with Crippen LogP contribution in [0.2, 0.25) is 5.02 Å². The van der Waals surface area contributed by atoms with Crippen molar-refractivity contribution in [2.75, 3.05) is 11.8 Å². The summed E-state index contributed by atoms with van der Waals surface area (Å²) in [4.78, 5) is 11.8. The van der Waals surface area contributed by atoms with Gasteiger partial charge in [-0.25, -0.2) is 8.42 Å². The van der Waals surface area contributed by atoms with Crippen LogP contribution >= 0.6 is 22.9 Å². The van der Waals surface area contributed by atoms with E-state index in [1.807, 2.05) is 0 Å². The van der Waals surface area contributed by atoms with Crippen molar-refractivity contribution in [2.24, 2.45) is 5.73 Å². The lowest BCUT2D eigenvalue weighted by atomic mass is 10.2. The van der Waals surface area contributed by atoms with Gasteiger partial charge in [-0.2, -0.15) is 0 Å². The van der Waals surface area contributed by atoms with Crippen molar-refractivity contribution in [1.82, 2.24) is 0 Å². The van der Waals surface area contributed by atoms with Gasteiger partial charge < -0.3 is 10.5 Å². The van der Waals surface area contributed by atoms with Crippen LogP contribution in [0.5, 0.6) is 5.75 Å². The molecule has 1 heterocycles. The summed E-state index contributed by atoms with van der Waals surface area (Å²) in [5.41, 5.74) is 5.56. The Bertz CT molecular complexity index is 1080. The molecule has 9 heteroatoms. The maximum absolute atomic E-state index is 12.7. The summed E-state index contributed by atoms with van der Waals surface area (Å²) in [6.45, 7) is 0. The average Bonchev–Trinajstić information content (AvgIpc) is 2.93. The monoisotopic (exact) mass is 396 g/mol. The first-order chi connectivity index (χ1) is 11.8. The van der Waals surface area contributed by atoms with Gasteiger partial charge in [0.2, 0.25) is 0 Å². The number of rotatable bonds is 5. The highest BCUT2D eigenvalue weighted by Crippen LogP contribution is 2.37. The molecule has 0 fully saturated rings. The molecular formula is C16H13ClN2O4S2. The lowest BCUT2D eigenvalue weighted by molar-refractivity contribution is 0.100. The Morgan fingerprint density at radius 1 is 1.24 bits per heavy atom. The summed E-state index contributed by atoms with van der Waals surface area (Å²) in [5.74, 6) is -0.342. The van der Waals surface area contributed by atoms with E-state index in [-0.39, 0.29) is 20.5 Å². The molecule has 3 aromatic rings. The maximum Gasteiger partial charge on any atom is 0.262 e. The number of sulfonamides is 1. The molecule has 1 aromatic heterocycles. The highest BCUT2D eigenvalue weighted by molar-refractivity contribution is 7.92. The Morgan fingerprint density at radius 3 is 2.60 bits per heavy atom. The zero-order valence-electron chi connectivity index (χ0n) is 12.9. The van der Waals surface area contributed by atoms with Crippen molar-refractivity contribution in [3.63, 3.8) is 0 Å². The lowest BCUT2D eigenvalue weighted by Gasteiger charge is -2.10. The third-order valence-electron chi connectivity index (χ3n) is 3.49. The van der Waals surface area contributed by atoms with Crippen LogP contribution in [0.3, 0.4) is 0 Å². The molecule has 0 aliphatic carbocycles. The van der Waals surface area contributed by atoms with E-state index < -0.39 is 15.9 Å². The maximum atomic E-state index is 12.7. The second kappa shape index (κ2) is 6.55. The van der Waals surface area contributed by atoms with Crippen LogP contribution in [0.4, 0.5) is 5.69 Å². The Hall–Kier alpha value is -2.29. The van der Waals surface area contributed by atoms with Crippen molar-refractivity contribution in [3.8, 4) is 5.75 Å². The van der Waals surface area contributed by atoms with Crippen molar-refractivity contribution >= 4 is 54.6 Å². The predicted octanol–water partition coefficient (Wildman–Crippen LogP) is 3.46. The van der Waals surface area contributed by atoms with Crippen LogP contribution in [-0.2, 0) is 10.0 Å². The molecule has 0 unspecified atom stereocenters. The highest BCUT2D eigenvalue weighted by atomic mass is 35.5. The van der Waals surface area contributed by atoms with Crippen LogP contribution < -0.4 is 15.2 Å². The van der Waals surface area contributed by atoms with E-state index in [9.17, 15) is 13.2 Å². The second-order valence-corrected chi connectivity index (χ2v) is 8.21. The van der Waals surface area contributed by atoms with Gasteiger partial charge >= 0.3 is 0 Å². The number of halogens is 1. The topological polar surface area (TPSA) is 98.5 Å². The standard InChI is InChI=1S/C16H13ClN2O4S2/c1-23-12-7-6-9(8-11(12)17)25(21,22)19-14-10-4-2-3-5-13(10)24-15(14)16(18)20/h2-8,19H,1H3,(H2,18,20). The number of carbonyl (C=O) groups excluding carboxylic acids is 1. The molecule has 3 N–H and O–H groups in total. The number of fused-ring (bicyclic) bond motifs is 1. The van der Waals surface area contributed by atoms with Gasteiger partial charge in [-0.15, -0.1) is 11.3 Å². The van der Waals surface area contributed by atoms with Crippen LogP contribution in [0.25, 0.3) is 10.1 Å². The highest BCUT2D eigenvalue weighted by Gasteiger charge is 2.23. The molecule has 0 spiro atoms. The number of nitrogens with two attached hydrogens (primary N) is 1. The molecule has 25 heavy (non-hydrogen) atoms. The second-order valence-electron chi connectivity index (χ2n) is 5.07. The number of nitrogens with one attached hydrogen (secondary N) is 1. The number of thiophene rings is 1. The molecule has 0 radical (unpaired) electrons. The molecule has 0 aliphatic rings. The zero-order valence-corrected chi connectivity index (χ0v) is 15.3.